The fourth-order valence-electron chi connectivity index (χ4n) is 3.51. The van der Waals surface area contributed by atoms with E-state index in [1.807, 2.05) is 4.90 Å². The van der Waals surface area contributed by atoms with E-state index in [1.54, 1.807) is 42.7 Å². The lowest BCUT2D eigenvalue weighted by atomic mass is 10.2. The smallest absolute Gasteiger partial charge is 0.287 e. The van der Waals surface area contributed by atoms with Crippen molar-refractivity contribution < 1.29 is 17.6 Å². The number of fused-ring (bicyclic) bond motifs is 1. The number of hydrogen-bond donors (Lipinski definition) is 1. The summed E-state index contributed by atoms with van der Waals surface area (Å²) in [6.45, 7) is 1.89. The first-order valence-electron chi connectivity index (χ1n) is 10.2. The van der Waals surface area contributed by atoms with Gasteiger partial charge in [-0.1, -0.05) is 12.1 Å². The standard InChI is InChI=1S/C21H23N5O5S/c27-17-15-19(31-18-6-2-1-5-16(17)18)20(28)22-9-4-14-32(29,30)26-12-10-25(11-13-26)21-23-7-3-8-24-21/h1-3,5-8,15H,4,9-14H2,(H,22,28). The summed E-state index contributed by atoms with van der Waals surface area (Å²) < 4.78 is 32.2. The van der Waals surface area contributed by atoms with Gasteiger partial charge < -0.3 is 14.6 Å². The summed E-state index contributed by atoms with van der Waals surface area (Å²) in [4.78, 5) is 34.8. The van der Waals surface area contributed by atoms with Crippen LogP contribution in [0.2, 0.25) is 0 Å². The maximum Gasteiger partial charge on any atom is 0.287 e. The lowest BCUT2D eigenvalue weighted by Gasteiger charge is -2.33. The maximum absolute atomic E-state index is 12.6. The molecule has 0 bridgehead atoms. The molecule has 1 aliphatic heterocycles. The van der Waals surface area contributed by atoms with Crippen molar-refractivity contribution in [1.29, 1.82) is 0 Å². The topological polar surface area (TPSA) is 126 Å². The zero-order valence-electron chi connectivity index (χ0n) is 17.3. The van der Waals surface area contributed by atoms with Gasteiger partial charge in [0.2, 0.25) is 16.0 Å². The molecule has 0 saturated carbocycles. The number of para-hydroxylation sites is 1. The van der Waals surface area contributed by atoms with Gasteiger partial charge in [0.25, 0.3) is 5.91 Å². The Morgan fingerprint density at radius 3 is 2.53 bits per heavy atom. The van der Waals surface area contributed by atoms with E-state index in [0.717, 1.165) is 6.07 Å². The Morgan fingerprint density at radius 1 is 1.06 bits per heavy atom. The number of piperazine rings is 1. The molecule has 0 atom stereocenters. The summed E-state index contributed by atoms with van der Waals surface area (Å²) in [5.74, 6) is -0.151. The summed E-state index contributed by atoms with van der Waals surface area (Å²) in [7, 11) is -3.45. The second-order valence-electron chi connectivity index (χ2n) is 7.33. The average Bonchev–Trinajstić information content (AvgIpc) is 2.82. The van der Waals surface area contributed by atoms with Gasteiger partial charge in [0, 0.05) is 51.2 Å². The number of aromatic nitrogens is 2. The second kappa shape index (κ2) is 9.45. The summed E-state index contributed by atoms with van der Waals surface area (Å²) in [5.41, 5.74) is 0.0207. The minimum atomic E-state index is -3.45. The van der Waals surface area contributed by atoms with Gasteiger partial charge in [0.05, 0.1) is 11.1 Å². The summed E-state index contributed by atoms with van der Waals surface area (Å²) in [6, 6.07) is 9.55. The summed E-state index contributed by atoms with van der Waals surface area (Å²) >= 11 is 0. The fourth-order valence-corrected chi connectivity index (χ4v) is 5.00. The molecule has 1 aromatic carbocycles. The summed E-state index contributed by atoms with van der Waals surface area (Å²) in [5, 5.41) is 3.01. The molecule has 11 heteroatoms. The number of rotatable bonds is 7. The lowest BCUT2D eigenvalue weighted by molar-refractivity contribution is 0.0926. The van der Waals surface area contributed by atoms with Crippen molar-refractivity contribution in [3.8, 4) is 0 Å². The highest BCUT2D eigenvalue weighted by Crippen LogP contribution is 2.14. The van der Waals surface area contributed by atoms with Crippen LogP contribution in [0.15, 0.2) is 58.0 Å². The highest BCUT2D eigenvalue weighted by Gasteiger charge is 2.27. The van der Waals surface area contributed by atoms with Crippen LogP contribution in [0.4, 0.5) is 5.95 Å². The van der Waals surface area contributed by atoms with E-state index in [1.165, 1.54) is 4.31 Å². The SMILES string of the molecule is O=C(NCCCS(=O)(=O)N1CCN(c2ncccn2)CC1)c1cc(=O)c2ccccc2o1. The molecule has 32 heavy (non-hydrogen) atoms. The first-order chi connectivity index (χ1) is 15.4. The molecule has 1 amide bonds. The minimum absolute atomic E-state index is 0.0865. The highest BCUT2D eigenvalue weighted by atomic mass is 32.2. The summed E-state index contributed by atoms with van der Waals surface area (Å²) in [6.07, 6.45) is 3.56. The van der Waals surface area contributed by atoms with Crippen LogP contribution in [0.1, 0.15) is 17.0 Å². The molecule has 1 N–H and O–H groups in total. The molecule has 168 valence electrons. The molecule has 10 nitrogen and oxygen atoms in total. The van der Waals surface area contributed by atoms with Crippen LogP contribution in [0.25, 0.3) is 11.0 Å². The van der Waals surface area contributed by atoms with Crippen LogP contribution in [-0.2, 0) is 10.0 Å². The first-order valence-corrected chi connectivity index (χ1v) is 11.9. The molecule has 1 aliphatic rings. The Balaban J connectivity index is 1.26. The number of carbonyl (C=O) groups is 1. The van der Waals surface area contributed by atoms with Crippen molar-refractivity contribution in [2.24, 2.45) is 0 Å². The van der Waals surface area contributed by atoms with Crippen LogP contribution in [-0.4, -0.2) is 67.1 Å². The molecule has 1 fully saturated rings. The van der Waals surface area contributed by atoms with Gasteiger partial charge in [-0.05, 0) is 24.6 Å². The number of benzene rings is 1. The molecule has 0 spiro atoms. The van der Waals surface area contributed by atoms with Crippen molar-refractivity contribution in [2.45, 2.75) is 6.42 Å². The van der Waals surface area contributed by atoms with E-state index < -0.39 is 15.9 Å². The largest absolute Gasteiger partial charge is 0.451 e. The Labute approximate surface area is 184 Å². The van der Waals surface area contributed by atoms with Crippen LogP contribution in [0, 0.1) is 0 Å². The minimum Gasteiger partial charge on any atom is -0.451 e. The number of nitrogens with zero attached hydrogens (tertiary/aromatic N) is 4. The third-order valence-electron chi connectivity index (χ3n) is 5.19. The van der Waals surface area contributed by atoms with Gasteiger partial charge in [-0.2, -0.15) is 4.31 Å². The molecule has 1 saturated heterocycles. The van der Waals surface area contributed by atoms with Crippen LogP contribution < -0.4 is 15.6 Å². The highest BCUT2D eigenvalue weighted by molar-refractivity contribution is 7.89. The Morgan fingerprint density at radius 2 is 1.78 bits per heavy atom. The normalized spacial score (nSPS) is 15.1. The van der Waals surface area contributed by atoms with Crippen LogP contribution in [0.3, 0.4) is 0 Å². The number of carbonyl (C=O) groups excluding carboxylic acids is 1. The van der Waals surface area contributed by atoms with Gasteiger partial charge in [0.1, 0.15) is 5.58 Å². The van der Waals surface area contributed by atoms with Gasteiger partial charge in [-0.25, -0.2) is 18.4 Å². The number of hydrogen-bond acceptors (Lipinski definition) is 8. The van der Waals surface area contributed by atoms with E-state index in [2.05, 4.69) is 15.3 Å². The first kappa shape index (κ1) is 21.9. The van der Waals surface area contributed by atoms with E-state index in [0.29, 0.717) is 43.1 Å². The lowest BCUT2D eigenvalue weighted by Crippen LogP contribution is -2.49. The predicted octanol–water partition coefficient (Wildman–Crippen LogP) is 0.855. The maximum atomic E-state index is 12.6. The Kier molecular flexibility index (Phi) is 6.47. The average molecular weight is 458 g/mol. The predicted molar refractivity (Wildman–Crippen MR) is 119 cm³/mol. The van der Waals surface area contributed by atoms with E-state index in [9.17, 15) is 18.0 Å². The Hall–Kier alpha value is -3.31. The van der Waals surface area contributed by atoms with Crippen LogP contribution in [0.5, 0.6) is 0 Å². The van der Waals surface area contributed by atoms with Crippen molar-refractivity contribution in [3.05, 3.63) is 64.8 Å². The van der Waals surface area contributed by atoms with E-state index in [4.69, 9.17) is 4.42 Å². The van der Waals surface area contributed by atoms with Crippen molar-refractivity contribution >= 4 is 32.8 Å². The molecule has 3 aromatic rings. The van der Waals surface area contributed by atoms with E-state index in [-0.39, 0.29) is 29.9 Å². The van der Waals surface area contributed by atoms with Crippen molar-refractivity contribution in [2.75, 3.05) is 43.4 Å². The fraction of sp³-hybridized carbons (Fsp3) is 0.333. The second-order valence-corrected chi connectivity index (χ2v) is 9.42. The monoisotopic (exact) mass is 457 g/mol. The number of anilines is 1. The number of nitrogens with one attached hydrogen (secondary N) is 1. The molecule has 3 heterocycles. The number of sulfonamides is 1. The molecule has 0 radical (unpaired) electrons. The van der Waals surface area contributed by atoms with Gasteiger partial charge in [0.15, 0.2) is 11.2 Å². The van der Waals surface area contributed by atoms with Gasteiger partial charge in [-0.3, -0.25) is 9.59 Å². The third-order valence-corrected chi connectivity index (χ3v) is 7.15. The molecule has 0 unspecified atom stereocenters. The molecule has 4 rings (SSSR count). The zero-order valence-corrected chi connectivity index (χ0v) is 18.1. The zero-order chi connectivity index (χ0) is 22.6. The quantitative estimate of drug-likeness (QED) is 0.518. The van der Waals surface area contributed by atoms with E-state index >= 15 is 0 Å². The number of amides is 1. The van der Waals surface area contributed by atoms with Gasteiger partial charge >= 0.3 is 0 Å². The molecular weight excluding hydrogens is 434 g/mol. The molecule has 0 aliphatic carbocycles. The van der Waals surface area contributed by atoms with Crippen molar-refractivity contribution in [1.82, 2.24) is 19.6 Å². The third kappa shape index (κ3) is 4.94. The van der Waals surface area contributed by atoms with Gasteiger partial charge in [-0.15, -0.1) is 0 Å². The Bertz CT molecular complexity index is 1250. The van der Waals surface area contributed by atoms with Crippen LogP contribution >= 0.6 is 0 Å². The molecule has 2 aromatic heterocycles. The van der Waals surface area contributed by atoms with Crippen molar-refractivity contribution in [3.63, 3.8) is 0 Å². The molecular formula is C21H23N5O5S.